The van der Waals surface area contributed by atoms with E-state index in [1.54, 1.807) is 31.2 Å². The first kappa shape index (κ1) is 16.5. The quantitative estimate of drug-likeness (QED) is 0.838. The van der Waals surface area contributed by atoms with E-state index >= 15 is 0 Å². The van der Waals surface area contributed by atoms with Gasteiger partial charge in [0.2, 0.25) is 0 Å². The van der Waals surface area contributed by atoms with Gasteiger partial charge >= 0.3 is 5.97 Å². The van der Waals surface area contributed by atoms with Gasteiger partial charge in [0.05, 0.1) is 12.5 Å². The SMILES string of the molecule is COCCN(CC(C)C(=O)O)C(=O)c1cccc(Cl)c1. The summed E-state index contributed by atoms with van der Waals surface area (Å²) in [5.41, 5.74) is 0.436. The van der Waals surface area contributed by atoms with Crippen molar-refractivity contribution in [3.63, 3.8) is 0 Å². The highest BCUT2D eigenvalue weighted by Gasteiger charge is 2.21. The van der Waals surface area contributed by atoms with Crippen LogP contribution in [0.1, 0.15) is 17.3 Å². The molecule has 0 saturated carbocycles. The Morgan fingerprint density at radius 1 is 1.45 bits per heavy atom. The molecule has 0 aromatic heterocycles. The number of aliphatic carboxylic acids is 1. The fraction of sp³-hybridized carbons (Fsp3) is 0.429. The van der Waals surface area contributed by atoms with Crippen LogP contribution >= 0.6 is 11.6 Å². The number of carbonyl (C=O) groups excluding carboxylic acids is 1. The van der Waals surface area contributed by atoms with Crippen LogP contribution in [0.5, 0.6) is 0 Å². The predicted octanol–water partition coefficient (Wildman–Crippen LogP) is 2.15. The average Bonchev–Trinajstić information content (AvgIpc) is 2.42. The topological polar surface area (TPSA) is 66.8 Å². The van der Waals surface area contributed by atoms with Gasteiger partial charge in [0.1, 0.15) is 0 Å². The highest BCUT2D eigenvalue weighted by atomic mass is 35.5. The number of hydrogen-bond donors (Lipinski definition) is 1. The van der Waals surface area contributed by atoms with Crippen molar-refractivity contribution in [1.29, 1.82) is 0 Å². The van der Waals surface area contributed by atoms with Gasteiger partial charge in [-0.05, 0) is 18.2 Å². The maximum absolute atomic E-state index is 12.4. The normalized spacial score (nSPS) is 11.9. The zero-order valence-corrected chi connectivity index (χ0v) is 12.3. The highest BCUT2D eigenvalue weighted by molar-refractivity contribution is 6.30. The Morgan fingerprint density at radius 3 is 2.70 bits per heavy atom. The first-order valence-corrected chi connectivity index (χ1v) is 6.60. The second kappa shape index (κ2) is 7.87. The molecule has 1 aromatic carbocycles. The van der Waals surface area contributed by atoms with Crippen LogP contribution in [0.25, 0.3) is 0 Å². The third-order valence-electron chi connectivity index (χ3n) is 2.84. The van der Waals surface area contributed by atoms with Crippen molar-refractivity contribution in [2.75, 3.05) is 26.8 Å². The Labute approximate surface area is 123 Å². The van der Waals surface area contributed by atoms with Gasteiger partial charge in [-0.15, -0.1) is 0 Å². The molecule has 1 unspecified atom stereocenters. The zero-order chi connectivity index (χ0) is 15.1. The van der Waals surface area contributed by atoms with Crippen LogP contribution in [0.2, 0.25) is 5.02 Å². The summed E-state index contributed by atoms with van der Waals surface area (Å²) in [6.45, 7) is 2.37. The molecule has 0 spiro atoms. The average molecular weight is 300 g/mol. The molecule has 0 aliphatic carbocycles. The van der Waals surface area contributed by atoms with Gasteiger partial charge in [0.15, 0.2) is 0 Å². The summed E-state index contributed by atoms with van der Waals surface area (Å²) in [6, 6.07) is 6.58. The van der Waals surface area contributed by atoms with Crippen molar-refractivity contribution in [3.05, 3.63) is 34.9 Å². The van der Waals surface area contributed by atoms with Crippen LogP contribution in [0, 0.1) is 5.92 Å². The van der Waals surface area contributed by atoms with Crippen LogP contribution < -0.4 is 0 Å². The molecule has 0 heterocycles. The van der Waals surface area contributed by atoms with E-state index in [-0.39, 0.29) is 12.5 Å². The number of benzene rings is 1. The third kappa shape index (κ3) is 4.83. The molecule has 0 fully saturated rings. The predicted molar refractivity (Wildman–Crippen MR) is 76.0 cm³/mol. The fourth-order valence-corrected chi connectivity index (χ4v) is 1.88. The van der Waals surface area contributed by atoms with E-state index in [2.05, 4.69) is 0 Å². The number of carboxylic acid groups (broad SMARTS) is 1. The third-order valence-corrected chi connectivity index (χ3v) is 3.08. The number of rotatable bonds is 7. The first-order valence-electron chi connectivity index (χ1n) is 6.22. The van der Waals surface area contributed by atoms with E-state index in [9.17, 15) is 9.59 Å². The Morgan fingerprint density at radius 2 is 2.15 bits per heavy atom. The summed E-state index contributed by atoms with van der Waals surface area (Å²) in [6.07, 6.45) is 0. The maximum Gasteiger partial charge on any atom is 0.308 e. The van der Waals surface area contributed by atoms with Crippen molar-refractivity contribution >= 4 is 23.5 Å². The van der Waals surface area contributed by atoms with Gasteiger partial charge < -0.3 is 14.7 Å². The Balaban J connectivity index is 2.86. The number of hydrogen-bond acceptors (Lipinski definition) is 3. The summed E-state index contributed by atoms with van der Waals surface area (Å²) in [7, 11) is 1.53. The summed E-state index contributed by atoms with van der Waals surface area (Å²) in [5, 5.41) is 9.43. The van der Waals surface area contributed by atoms with E-state index in [1.165, 1.54) is 12.0 Å². The minimum Gasteiger partial charge on any atom is -0.481 e. The van der Waals surface area contributed by atoms with Crippen molar-refractivity contribution < 1.29 is 19.4 Å². The summed E-state index contributed by atoms with van der Waals surface area (Å²) >= 11 is 5.86. The number of halogens is 1. The summed E-state index contributed by atoms with van der Waals surface area (Å²) in [5.74, 6) is -1.83. The monoisotopic (exact) mass is 299 g/mol. The van der Waals surface area contributed by atoms with Crippen LogP contribution in [0.4, 0.5) is 0 Å². The van der Waals surface area contributed by atoms with Crippen molar-refractivity contribution in [2.24, 2.45) is 5.92 Å². The molecule has 6 heteroatoms. The fourth-order valence-electron chi connectivity index (χ4n) is 1.69. The lowest BCUT2D eigenvalue weighted by atomic mass is 10.1. The lowest BCUT2D eigenvalue weighted by Gasteiger charge is -2.24. The first-order chi connectivity index (χ1) is 9.45. The van der Waals surface area contributed by atoms with Gasteiger partial charge in [-0.1, -0.05) is 24.6 Å². The lowest BCUT2D eigenvalue weighted by Crippen LogP contribution is -2.39. The second-order valence-electron chi connectivity index (χ2n) is 4.49. The van der Waals surface area contributed by atoms with Crippen molar-refractivity contribution in [3.8, 4) is 0 Å². The largest absolute Gasteiger partial charge is 0.481 e. The van der Waals surface area contributed by atoms with Crippen LogP contribution in [0.15, 0.2) is 24.3 Å². The summed E-state index contributed by atoms with van der Waals surface area (Å²) < 4.78 is 4.96. The number of ether oxygens (including phenoxy) is 1. The van der Waals surface area contributed by atoms with Gasteiger partial charge in [-0.2, -0.15) is 0 Å². The number of carboxylic acids is 1. The molecule has 1 aromatic rings. The zero-order valence-electron chi connectivity index (χ0n) is 11.5. The smallest absolute Gasteiger partial charge is 0.308 e. The van der Waals surface area contributed by atoms with E-state index in [0.717, 1.165) is 0 Å². The minimum absolute atomic E-state index is 0.129. The molecule has 0 aliphatic heterocycles. The van der Waals surface area contributed by atoms with Crippen LogP contribution in [-0.2, 0) is 9.53 Å². The maximum atomic E-state index is 12.4. The van der Waals surface area contributed by atoms with Gasteiger partial charge in [0.25, 0.3) is 5.91 Å². The standard InChI is InChI=1S/C14H18ClNO4/c1-10(14(18)19)9-16(6-7-20-2)13(17)11-4-3-5-12(15)8-11/h3-5,8,10H,6-7,9H2,1-2H3,(H,18,19). The highest BCUT2D eigenvalue weighted by Crippen LogP contribution is 2.14. The van der Waals surface area contributed by atoms with E-state index in [1.807, 2.05) is 0 Å². The molecule has 0 aliphatic rings. The van der Waals surface area contributed by atoms with Crippen molar-refractivity contribution in [1.82, 2.24) is 4.90 Å². The van der Waals surface area contributed by atoms with Crippen LogP contribution in [-0.4, -0.2) is 48.7 Å². The molecular weight excluding hydrogens is 282 g/mol. The number of carbonyl (C=O) groups is 2. The Kier molecular flexibility index (Phi) is 6.48. The molecule has 1 amide bonds. The van der Waals surface area contributed by atoms with Crippen molar-refractivity contribution in [2.45, 2.75) is 6.92 Å². The molecule has 0 saturated heterocycles. The molecule has 20 heavy (non-hydrogen) atoms. The molecular formula is C14H18ClNO4. The molecule has 110 valence electrons. The van der Waals surface area contributed by atoms with Crippen LogP contribution in [0.3, 0.4) is 0 Å². The minimum atomic E-state index is -0.939. The van der Waals surface area contributed by atoms with E-state index < -0.39 is 11.9 Å². The van der Waals surface area contributed by atoms with E-state index in [4.69, 9.17) is 21.4 Å². The number of nitrogens with zero attached hydrogens (tertiary/aromatic N) is 1. The Bertz CT molecular complexity index is 478. The molecule has 1 atom stereocenters. The molecule has 1 N–H and O–H groups in total. The van der Waals surface area contributed by atoms with E-state index in [0.29, 0.717) is 23.7 Å². The van der Waals surface area contributed by atoms with Gasteiger partial charge in [0, 0.05) is 30.8 Å². The molecule has 1 rings (SSSR count). The Hall–Kier alpha value is -1.59. The lowest BCUT2D eigenvalue weighted by molar-refractivity contribution is -0.141. The second-order valence-corrected chi connectivity index (χ2v) is 4.93. The molecule has 0 bridgehead atoms. The van der Waals surface area contributed by atoms with Gasteiger partial charge in [-0.3, -0.25) is 9.59 Å². The number of amides is 1. The molecule has 5 nitrogen and oxygen atoms in total. The number of methoxy groups -OCH3 is 1. The van der Waals surface area contributed by atoms with Gasteiger partial charge in [-0.25, -0.2) is 0 Å². The molecule has 0 radical (unpaired) electrons. The summed E-state index contributed by atoms with van der Waals surface area (Å²) in [4.78, 5) is 24.8.